The largest absolute Gasteiger partial charge is 0.535 e. The first-order valence-corrected chi connectivity index (χ1v) is 4.90. The molecule has 0 bridgehead atoms. The predicted octanol–water partition coefficient (Wildman–Crippen LogP) is -0.0293. The van der Waals surface area contributed by atoms with E-state index in [-0.39, 0.29) is 6.69 Å². The van der Waals surface area contributed by atoms with Crippen LogP contribution < -0.4 is 5.23 Å². The van der Waals surface area contributed by atoms with Crippen LogP contribution in [0.1, 0.15) is 0 Å². The SMILES string of the molecule is C[NH2+][BH2-]Sc1ccccc1. The molecule has 0 saturated heterocycles. The van der Waals surface area contributed by atoms with Crippen LogP contribution >= 0.6 is 11.6 Å². The number of nitrogens with two attached hydrogens (primary N) is 1. The third kappa shape index (κ3) is 2.46. The number of quaternary nitrogens is 1. The van der Waals surface area contributed by atoms with Crippen LogP contribution in [0.5, 0.6) is 0 Å². The molecular formula is C7H12BNS. The van der Waals surface area contributed by atoms with Crippen molar-refractivity contribution in [1.29, 1.82) is 0 Å². The molecular weight excluding hydrogens is 141 g/mol. The van der Waals surface area contributed by atoms with Crippen LogP contribution in [0, 0.1) is 0 Å². The van der Waals surface area contributed by atoms with Crippen molar-refractivity contribution in [1.82, 2.24) is 0 Å². The van der Waals surface area contributed by atoms with Crippen molar-refractivity contribution in [3.63, 3.8) is 0 Å². The number of hydrogen-bond acceptors (Lipinski definition) is 1. The van der Waals surface area contributed by atoms with Crippen molar-refractivity contribution in [3.8, 4) is 0 Å². The molecule has 1 rings (SSSR count). The van der Waals surface area contributed by atoms with Gasteiger partial charge in [-0.1, -0.05) is 30.3 Å². The smallest absolute Gasteiger partial charge is 0.238 e. The van der Waals surface area contributed by atoms with Crippen LogP contribution in [-0.2, 0) is 0 Å². The monoisotopic (exact) mass is 153 g/mol. The first-order chi connectivity index (χ1) is 4.93. The second-order valence-corrected chi connectivity index (χ2v) is 3.68. The molecule has 0 unspecified atom stereocenters. The minimum absolute atomic E-state index is 0.124. The van der Waals surface area contributed by atoms with Gasteiger partial charge in [0, 0.05) is 7.05 Å². The van der Waals surface area contributed by atoms with Gasteiger partial charge < -0.3 is 5.23 Å². The molecule has 1 nitrogen and oxygen atoms in total. The third-order valence-electron chi connectivity index (χ3n) is 1.33. The van der Waals surface area contributed by atoms with Gasteiger partial charge in [-0.15, -0.1) is 0 Å². The van der Waals surface area contributed by atoms with E-state index in [0.29, 0.717) is 0 Å². The van der Waals surface area contributed by atoms with Crippen LogP contribution in [0.15, 0.2) is 35.2 Å². The quantitative estimate of drug-likeness (QED) is 0.603. The van der Waals surface area contributed by atoms with Crippen molar-refractivity contribution < 1.29 is 5.23 Å². The summed E-state index contributed by atoms with van der Waals surface area (Å²) in [5, 5.41) is 2.29. The maximum atomic E-state index is 2.29. The second kappa shape index (κ2) is 4.42. The minimum Gasteiger partial charge on any atom is -0.535 e. The highest BCUT2D eigenvalue weighted by atomic mass is 32.2. The molecule has 0 fully saturated rings. The standard InChI is InChI=1S/C7H12BNS/c1-9-8-10-7-5-3-2-4-6-7/h2-6H,8-9H2,1H3. The van der Waals surface area contributed by atoms with E-state index in [1.807, 2.05) is 11.6 Å². The van der Waals surface area contributed by atoms with Crippen molar-refractivity contribution in [3.05, 3.63) is 30.3 Å². The molecule has 2 N–H and O–H groups in total. The molecule has 0 radical (unpaired) electrons. The van der Waals surface area contributed by atoms with Gasteiger partial charge in [0.1, 0.15) is 0 Å². The Morgan fingerprint density at radius 1 is 1.30 bits per heavy atom. The normalized spacial score (nSPS) is 9.70. The molecule has 0 aliphatic carbocycles. The molecule has 0 aliphatic heterocycles. The lowest BCUT2D eigenvalue weighted by Gasteiger charge is -2.02. The zero-order valence-electron chi connectivity index (χ0n) is 6.37. The first kappa shape index (κ1) is 7.70. The highest BCUT2D eigenvalue weighted by Crippen LogP contribution is 2.12. The van der Waals surface area contributed by atoms with Crippen molar-refractivity contribution in [2.24, 2.45) is 0 Å². The maximum Gasteiger partial charge on any atom is 0.238 e. The summed E-state index contributed by atoms with van der Waals surface area (Å²) >= 11 is 1.99. The van der Waals surface area contributed by atoms with Crippen molar-refractivity contribution in [2.45, 2.75) is 4.90 Å². The Morgan fingerprint density at radius 2 is 2.00 bits per heavy atom. The van der Waals surface area contributed by atoms with E-state index in [0.717, 1.165) is 0 Å². The highest BCUT2D eigenvalue weighted by molar-refractivity contribution is 8.21. The highest BCUT2D eigenvalue weighted by Gasteiger charge is 1.84. The Kier molecular flexibility index (Phi) is 3.40. The van der Waals surface area contributed by atoms with E-state index in [4.69, 9.17) is 0 Å². The molecule has 0 aliphatic rings. The fourth-order valence-corrected chi connectivity index (χ4v) is 1.75. The Bertz CT molecular complexity index is 178. The molecule has 0 spiro atoms. The number of hydrogen-bond donors (Lipinski definition) is 1. The summed E-state index contributed by atoms with van der Waals surface area (Å²) in [5.41, 5.74) is 0. The Morgan fingerprint density at radius 3 is 2.60 bits per heavy atom. The molecule has 54 valence electrons. The lowest BCUT2D eigenvalue weighted by Crippen LogP contribution is -2.81. The van der Waals surface area contributed by atoms with Gasteiger partial charge in [-0.05, 0) is 4.90 Å². The first-order valence-electron chi connectivity index (χ1n) is 3.68. The van der Waals surface area contributed by atoms with E-state index < -0.39 is 0 Å². The lowest BCUT2D eigenvalue weighted by molar-refractivity contribution is -0.474. The van der Waals surface area contributed by atoms with E-state index in [2.05, 4.69) is 42.6 Å². The van der Waals surface area contributed by atoms with Crippen molar-refractivity contribution in [2.75, 3.05) is 7.05 Å². The van der Waals surface area contributed by atoms with Gasteiger partial charge in [-0.25, -0.2) is 0 Å². The average Bonchev–Trinajstić information content (AvgIpc) is 2.03. The Labute approximate surface area is 66.4 Å². The van der Waals surface area contributed by atoms with Crippen LogP contribution in [0.4, 0.5) is 0 Å². The summed E-state index contributed by atoms with van der Waals surface area (Å²) in [4.78, 5) is 1.40. The molecule has 3 heteroatoms. The van der Waals surface area contributed by atoms with Gasteiger partial charge >= 0.3 is 0 Å². The van der Waals surface area contributed by atoms with Gasteiger partial charge in [0.25, 0.3) is 0 Å². The van der Waals surface area contributed by atoms with Gasteiger partial charge in [0.15, 0.2) is 0 Å². The third-order valence-corrected chi connectivity index (χ3v) is 2.78. The fraction of sp³-hybridized carbons (Fsp3) is 0.143. The maximum absolute atomic E-state index is 2.29. The van der Waals surface area contributed by atoms with Crippen LogP contribution in [0.2, 0.25) is 0 Å². The minimum atomic E-state index is 0.124. The molecule has 0 heterocycles. The molecule has 0 amide bonds. The molecule has 0 aromatic heterocycles. The molecule has 0 atom stereocenters. The van der Waals surface area contributed by atoms with E-state index in [9.17, 15) is 0 Å². The Balaban J connectivity index is 2.43. The number of rotatable bonds is 3. The Hall–Kier alpha value is -0.405. The summed E-state index contributed by atoms with van der Waals surface area (Å²) in [6, 6.07) is 10.6. The van der Waals surface area contributed by atoms with Gasteiger partial charge in [0.2, 0.25) is 6.69 Å². The topological polar surface area (TPSA) is 16.6 Å². The zero-order valence-corrected chi connectivity index (χ0v) is 7.19. The summed E-state index contributed by atoms with van der Waals surface area (Å²) < 4.78 is 0. The predicted molar refractivity (Wildman–Crippen MR) is 48.7 cm³/mol. The van der Waals surface area contributed by atoms with Gasteiger partial charge in [-0.2, -0.15) is 0 Å². The van der Waals surface area contributed by atoms with E-state index in [1.54, 1.807) is 0 Å². The van der Waals surface area contributed by atoms with E-state index >= 15 is 0 Å². The second-order valence-electron chi connectivity index (χ2n) is 2.33. The molecule has 1 aromatic rings. The zero-order chi connectivity index (χ0) is 7.23. The van der Waals surface area contributed by atoms with Crippen molar-refractivity contribution >= 4 is 18.3 Å². The molecule has 0 saturated carbocycles. The average molecular weight is 153 g/mol. The molecule has 10 heavy (non-hydrogen) atoms. The van der Waals surface area contributed by atoms with Crippen LogP contribution in [0.25, 0.3) is 0 Å². The van der Waals surface area contributed by atoms with Crippen LogP contribution in [-0.4, -0.2) is 13.7 Å². The fourth-order valence-electron chi connectivity index (χ4n) is 0.811. The summed E-state index contributed by atoms with van der Waals surface area (Å²) in [5.74, 6) is 0. The summed E-state index contributed by atoms with van der Waals surface area (Å²) in [7, 11) is 2.13. The summed E-state index contributed by atoms with van der Waals surface area (Å²) in [6.45, 7) is 0.124. The summed E-state index contributed by atoms with van der Waals surface area (Å²) in [6.07, 6.45) is 0. The van der Waals surface area contributed by atoms with Crippen LogP contribution in [0.3, 0.4) is 0 Å². The van der Waals surface area contributed by atoms with Gasteiger partial charge in [-0.3, -0.25) is 11.6 Å². The molecule has 1 aromatic carbocycles. The lowest BCUT2D eigenvalue weighted by atomic mass is 10.4. The number of benzene rings is 1. The van der Waals surface area contributed by atoms with Gasteiger partial charge in [0.05, 0.1) is 0 Å². The van der Waals surface area contributed by atoms with E-state index in [1.165, 1.54) is 4.90 Å².